The van der Waals surface area contributed by atoms with Crippen molar-refractivity contribution < 1.29 is 54.2 Å². The van der Waals surface area contributed by atoms with Crippen molar-refractivity contribution in [2.75, 3.05) is 17.4 Å². The Labute approximate surface area is 234 Å². The van der Waals surface area contributed by atoms with E-state index in [-0.39, 0.29) is 35.5 Å². The number of sulfonamides is 1. The number of hydrogen-bond donors (Lipinski definition) is 2. The second kappa shape index (κ2) is 11.5. The quantitative estimate of drug-likeness (QED) is 0.351. The number of hydrogen-bond acceptors (Lipinski definition) is 6. The van der Waals surface area contributed by atoms with E-state index in [4.69, 9.17) is 9.84 Å². The summed E-state index contributed by atoms with van der Waals surface area (Å²) in [6.07, 6.45) is -11.0. The summed E-state index contributed by atoms with van der Waals surface area (Å²) in [7, 11) is -4.71. The smallest absolute Gasteiger partial charge is 0.433 e. The Morgan fingerprint density at radius 1 is 1.00 bits per heavy atom. The number of carbonyl (C=O) groups excluding carboxylic acids is 1. The molecule has 0 saturated carbocycles. The zero-order chi connectivity index (χ0) is 30.9. The van der Waals surface area contributed by atoms with Gasteiger partial charge in [-0.05, 0) is 55.0 Å². The molecule has 1 aromatic heterocycles. The highest BCUT2D eigenvalue weighted by Crippen LogP contribution is 2.41. The first-order valence-corrected chi connectivity index (χ1v) is 13.5. The molecule has 0 fully saturated rings. The number of benzene rings is 2. The van der Waals surface area contributed by atoms with Gasteiger partial charge in [-0.15, -0.1) is 0 Å². The second-order valence-electron chi connectivity index (χ2n) is 9.10. The van der Waals surface area contributed by atoms with Crippen LogP contribution in [0.2, 0.25) is 0 Å². The highest BCUT2D eigenvalue weighted by Gasteiger charge is 2.38. The van der Waals surface area contributed by atoms with Crippen LogP contribution in [0.1, 0.15) is 24.1 Å². The van der Waals surface area contributed by atoms with Crippen molar-refractivity contribution in [3.8, 4) is 17.0 Å². The SMILES string of the molecule is O=C(O)CNC(=O)CC[C@H]1CN(S(=O)(=O)c2cccc(C(F)(F)F)c2)c2cc(-c3cccc(C(F)(F)F)n3)ccc2O1. The van der Waals surface area contributed by atoms with Gasteiger partial charge in [0, 0.05) is 12.0 Å². The van der Waals surface area contributed by atoms with Crippen LogP contribution in [0.4, 0.5) is 32.0 Å². The first-order valence-electron chi connectivity index (χ1n) is 12.1. The van der Waals surface area contributed by atoms with Crippen LogP contribution in [-0.2, 0) is 32.0 Å². The fourth-order valence-corrected chi connectivity index (χ4v) is 5.66. The molecule has 3 aromatic rings. The number of pyridine rings is 1. The first-order chi connectivity index (χ1) is 19.6. The van der Waals surface area contributed by atoms with Crippen LogP contribution in [0.25, 0.3) is 11.3 Å². The number of nitrogens with one attached hydrogen (secondary N) is 1. The van der Waals surface area contributed by atoms with Crippen LogP contribution >= 0.6 is 0 Å². The lowest BCUT2D eigenvalue weighted by Crippen LogP contribution is -2.44. The molecule has 0 saturated heterocycles. The van der Waals surface area contributed by atoms with Gasteiger partial charge in [0.2, 0.25) is 5.91 Å². The number of anilines is 1. The maximum atomic E-state index is 13.7. The zero-order valence-electron chi connectivity index (χ0n) is 21.2. The Morgan fingerprint density at radius 3 is 2.38 bits per heavy atom. The van der Waals surface area contributed by atoms with Gasteiger partial charge in [-0.2, -0.15) is 26.3 Å². The highest BCUT2D eigenvalue weighted by molar-refractivity contribution is 7.92. The minimum atomic E-state index is -4.84. The van der Waals surface area contributed by atoms with Gasteiger partial charge in [-0.3, -0.25) is 13.9 Å². The van der Waals surface area contributed by atoms with Crippen LogP contribution in [0.3, 0.4) is 0 Å². The van der Waals surface area contributed by atoms with Crippen LogP contribution in [0, 0.1) is 0 Å². The first kappa shape index (κ1) is 30.6. The molecule has 1 aliphatic rings. The average Bonchev–Trinajstić information content (AvgIpc) is 2.93. The van der Waals surface area contributed by atoms with Crippen molar-refractivity contribution in [1.82, 2.24) is 10.3 Å². The molecule has 0 bridgehead atoms. The number of halogens is 6. The normalized spacial score (nSPS) is 15.5. The summed E-state index contributed by atoms with van der Waals surface area (Å²) in [6.45, 7) is -1.12. The maximum absolute atomic E-state index is 13.7. The number of aromatic nitrogens is 1. The van der Waals surface area contributed by atoms with Crippen LogP contribution < -0.4 is 14.4 Å². The number of amides is 1. The van der Waals surface area contributed by atoms with Gasteiger partial charge in [0.15, 0.2) is 0 Å². The van der Waals surface area contributed by atoms with Crippen molar-refractivity contribution in [1.29, 1.82) is 0 Å². The minimum Gasteiger partial charge on any atom is -0.486 e. The van der Waals surface area contributed by atoms with Crippen LogP contribution in [-0.4, -0.2) is 49.6 Å². The van der Waals surface area contributed by atoms with E-state index in [0.717, 1.165) is 28.6 Å². The van der Waals surface area contributed by atoms with Gasteiger partial charge in [0.25, 0.3) is 10.0 Å². The largest absolute Gasteiger partial charge is 0.486 e. The van der Waals surface area contributed by atoms with Crippen molar-refractivity contribution in [2.45, 2.75) is 36.2 Å². The standard InChI is InChI=1S/C26H21F6N3O6S/c27-25(28,29)16-3-1-4-18(12-16)42(39,40)35-14-17(8-10-23(36)33-13-24(37)38)41-21-9-7-15(11-20(21)35)19-5-2-6-22(34-19)26(30,31)32/h1-7,9,11-12,17H,8,10,13-14H2,(H,33,36)(H,37,38)/t17-/m0/s1. The summed E-state index contributed by atoms with van der Waals surface area (Å²) in [6, 6.07) is 9.98. The lowest BCUT2D eigenvalue weighted by Gasteiger charge is -2.36. The summed E-state index contributed by atoms with van der Waals surface area (Å²) < 4.78 is 114. The van der Waals surface area contributed by atoms with Gasteiger partial charge in [0.05, 0.1) is 28.4 Å². The molecule has 9 nitrogen and oxygen atoms in total. The number of nitrogens with zero attached hydrogens (tertiary/aromatic N) is 2. The van der Waals surface area contributed by atoms with E-state index in [1.807, 2.05) is 0 Å². The maximum Gasteiger partial charge on any atom is 0.433 e. The molecule has 0 radical (unpaired) electrons. The third kappa shape index (κ3) is 6.92. The van der Waals surface area contributed by atoms with E-state index < -0.39 is 69.6 Å². The molecule has 0 spiro atoms. The van der Waals surface area contributed by atoms with E-state index in [1.165, 1.54) is 24.3 Å². The topological polar surface area (TPSA) is 126 Å². The predicted molar refractivity (Wildman–Crippen MR) is 135 cm³/mol. The summed E-state index contributed by atoms with van der Waals surface area (Å²) >= 11 is 0. The Hall–Kier alpha value is -4.34. The number of rotatable bonds is 8. The fraction of sp³-hybridized carbons (Fsp3) is 0.269. The van der Waals surface area contributed by atoms with E-state index in [9.17, 15) is 44.3 Å². The minimum absolute atomic E-state index is 0.0662. The van der Waals surface area contributed by atoms with Gasteiger partial charge < -0.3 is 15.2 Å². The molecule has 1 amide bonds. The third-order valence-electron chi connectivity index (χ3n) is 6.11. The second-order valence-corrected chi connectivity index (χ2v) is 11.0. The number of alkyl halides is 6. The van der Waals surface area contributed by atoms with E-state index in [1.54, 1.807) is 0 Å². The molecular weight excluding hydrogens is 596 g/mol. The molecule has 4 rings (SSSR count). The van der Waals surface area contributed by atoms with Crippen molar-refractivity contribution >= 4 is 27.6 Å². The monoisotopic (exact) mass is 617 g/mol. The van der Waals surface area contributed by atoms with Gasteiger partial charge in [-0.25, -0.2) is 13.4 Å². The third-order valence-corrected chi connectivity index (χ3v) is 7.88. The predicted octanol–water partition coefficient (Wildman–Crippen LogP) is 4.72. The zero-order valence-corrected chi connectivity index (χ0v) is 22.1. The summed E-state index contributed by atoms with van der Waals surface area (Å²) in [5.41, 5.74) is -2.66. The number of carboxylic acid groups (broad SMARTS) is 1. The molecule has 16 heteroatoms. The van der Waals surface area contributed by atoms with E-state index >= 15 is 0 Å². The number of fused-ring (bicyclic) bond motifs is 1. The van der Waals surface area contributed by atoms with E-state index in [2.05, 4.69) is 10.3 Å². The van der Waals surface area contributed by atoms with Gasteiger partial charge >= 0.3 is 18.3 Å². The summed E-state index contributed by atoms with van der Waals surface area (Å²) in [5, 5.41) is 10.9. The lowest BCUT2D eigenvalue weighted by molar-refractivity contribution is -0.141. The molecular formula is C26H21F6N3O6S. The number of aliphatic carboxylic acids is 1. The van der Waals surface area contributed by atoms with E-state index in [0.29, 0.717) is 12.1 Å². The van der Waals surface area contributed by atoms with Gasteiger partial charge in [-0.1, -0.05) is 12.1 Å². The molecule has 1 aliphatic heterocycles. The number of carbonyl (C=O) groups is 2. The summed E-state index contributed by atoms with van der Waals surface area (Å²) in [4.78, 5) is 25.6. The molecule has 2 heterocycles. The Kier molecular flexibility index (Phi) is 8.39. The van der Waals surface area contributed by atoms with Crippen LogP contribution in [0.15, 0.2) is 65.6 Å². The Balaban J connectivity index is 1.74. The van der Waals surface area contributed by atoms with Crippen molar-refractivity contribution in [3.63, 3.8) is 0 Å². The molecule has 2 aromatic carbocycles. The van der Waals surface area contributed by atoms with Crippen molar-refractivity contribution in [2.24, 2.45) is 0 Å². The molecule has 2 N–H and O–H groups in total. The fourth-order valence-electron chi connectivity index (χ4n) is 4.12. The lowest BCUT2D eigenvalue weighted by atomic mass is 10.1. The molecule has 0 unspecified atom stereocenters. The average molecular weight is 618 g/mol. The Morgan fingerprint density at radius 2 is 1.71 bits per heavy atom. The molecule has 0 aliphatic carbocycles. The molecule has 224 valence electrons. The number of carboxylic acids is 1. The molecule has 1 atom stereocenters. The summed E-state index contributed by atoms with van der Waals surface area (Å²) in [5.74, 6) is -2.01. The number of ether oxygens (including phenoxy) is 1. The van der Waals surface area contributed by atoms with Crippen molar-refractivity contribution in [3.05, 3.63) is 71.9 Å². The van der Waals surface area contributed by atoms with Gasteiger partial charge in [0.1, 0.15) is 24.1 Å². The Bertz CT molecular complexity index is 1610. The molecule has 42 heavy (non-hydrogen) atoms. The highest BCUT2D eigenvalue weighted by atomic mass is 32.2. The van der Waals surface area contributed by atoms with Crippen LogP contribution in [0.5, 0.6) is 5.75 Å².